The number of methoxy groups -OCH3 is 1. The number of halogens is 1. The van der Waals surface area contributed by atoms with Crippen molar-refractivity contribution < 1.29 is 9.53 Å². The van der Waals surface area contributed by atoms with E-state index in [-0.39, 0.29) is 30.3 Å². The van der Waals surface area contributed by atoms with E-state index in [1.54, 1.807) is 7.11 Å². The second kappa shape index (κ2) is 8.12. The maximum atomic E-state index is 12.1. The highest BCUT2D eigenvalue weighted by atomic mass is 35.5. The third-order valence-electron chi connectivity index (χ3n) is 3.64. The normalized spacial score (nSPS) is 19.6. The van der Waals surface area contributed by atoms with Crippen molar-refractivity contribution in [2.45, 2.75) is 25.8 Å². The number of hydrogen-bond acceptors (Lipinski definition) is 3. The fourth-order valence-corrected chi connectivity index (χ4v) is 2.38. The molecule has 5 heteroatoms. The molecule has 4 nitrogen and oxygen atoms in total. The van der Waals surface area contributed by atoms with Crippen molar-refractivity contribution in [1.29, 1.82) is 0 Å². The maximum absolute atomic E-state index is 12.1. The lowest BCUT2D eigenvalue weighted by atomic mass is 9.98. The second-order valence-electron chi connectivity index (χ2n) is 5.05. The first-order valence-corrected chi connectivity index (χ1v) is 6.85. The molecule has 20 heavy (non-hydrogen) atoms. The number of piperidine rings is 1. The van der Waals surface area contributed by atoms with Crippen LogP contribution in [0.15, 0.2) is 24.3 Å². The van der Waals surface area contributed by atoms with Gasteiger partial charge in [-0.25, -0.2) is 0 Å². The molecule has 1 aliphatic heterocycles. The smallest absolute Gasteiger partial charge is 0.224 e. The number of carbonyl (C=O) groups is 1. The van der Waals surface area contributed by atoms with Gasteiger partial charge in [0.2, 0.25) is 5.91 Å². The van der Waals surface area contributed by atoms with Gasteiger partial charge in [0.15, 0.2) is 0 Å². The molecule has 1 aliphatic rings. The molecule has 2 atom stereocenters. The van der Waals surface area contributed by atoms with Crippen molar-refractivity contribution in [1.82, 2.24) is 10.6 Å². The Morgan fingerprint density at radius 2 is 2.10 bits per heavy atom. The molecule has 1 aromatic rings. The van der Waals surface area contributed by atoms with Crippen LogP contribution in [-0.4, -0.2) is 26.1 Å². The molecular weight excluding hydrogens is 276 g/mol. The number of carbonyl (C=O) groups excluding carboxylic acids is 1. The standard InChI is InChI=1S/C15H22N2O2.ClH/c1-11(12-5-7-14(19-2)8-6-12)17-15(18)13-4-3-9-16-10-13;/h5-8,11,13,16H,3-4,9-10H2,1-2H3,(H,17,18);1H/t11?,13-;/m1./s1. The first-order valence-electron chi connectivity index (χ1n) is 6.85. The van der Waals surface area contributed by atoms with Crippen LogP contribution in [0.5, 0.6) is 5.75 Å². The highest BCUT2D eigenvalue weighted by Gasteiger charge is 2.22. The molecule has 0 aromatic heterocycles. The van der Waals surface area contributed by atoms with Gasteiger partial charge in [-0.15, -0.1) is 12.4 Å². The molecule has 1 unspecified atom stereocenters. The molecule has 1 aromatic carbocycles. The zero-order valence-corrected chi connectivity index (χ0v) is 12.8. The van der Waals surface area contributed by atoms with E-state index in [2.05, 4.69) is 10.6 Å². The highest BCUT2D eigenvalue weighted by molar-refractivity contribution is 5.85. The summed E-state index contributed by atoms with van der Waals surface area (Å²) in [5, 5.41) is 6.35. The van der Waals surface area contributed by atoms with Crippen LogP contribution in [0.4, 0.5) is 0 Å². The first-order chi connectivity index (χ1) is 9.20. The summed E-state index contributed by atoms with van der Waals surface area (Å²) >= 11 is 0. The zero-order valence-electron chi connectivity index (χ0n) is 12.0. The van der Waals surface area contributed by atoms with Crippen LogP contribution in [0, 0.1) is 5.92 Å². The number of benzene rings is 1. The minimum absolute atomic E-state index is 0. The molecule has 0 bridgehead atoms. The largest absolute Gasteiger partial charge is 0.497 e. The number of nitrogens with one attached hydrogen (secondary N) is 2. The van der Waals surface area contributed by atoms with E-state index in [4.69, 9.17) is 4.74 Å². The predicted molar refractivity (Wildman–Crippen MR) is 82.4 cm³/mol. The summed E-state index contributed by atoms with van der Waals surface area (Å²) in [5.41, 5.74) is 1.10. The Hall–Kier alpha value is -1.26. The molecule has 0 saturated carbocycles. The van der Waals surface area contributed by atoms with Gasteiger partial charge in [-0.3, -0.25) is 4.79 Å². The van der Waals surface area contributed by atoms with Gasteiger partial charge in [-0.2, -0.15) is 0 Å². The second-order valence-corrected chi connectivity index (χ2v) is 5.05. The lowest BCUT2D eigenvalue weighted by Crippen LogP contribution is -2.41. The van der Waals surface area contributed by atoms with E-state index in [1.807, 2.05) is 31.2 Å². The molecule has 112 valence electrons. The van der Waals surface area contributed by atoms with E-state index in [0.717, 1.165) is 37.2 Å². The van der Waals surface area contributed by atoms with Crippen molar-refractivity contribution in [2.75, 3.05) is 20.2 Å². The van der Waals surface area contributed by atoms with Crippen LogP contribution in [0.3, 0.4) is 0 Å². The number of amides is 1. The third kappa shape index (κ3) is 4.39. The van der Waals surface area contributed by atoms with Crippen molar-refractivity contribution in [3.63, 3.8) is 0 Å². The SMILES string of the molecule is COc1ccc(C(C)NC(=O)[C@@H]2CCCNC2)cc1.Cl. The maximum Gasteiger partial charge on any atom is 0.224 e. The fraction of sp³-hybridized carbons (Fsp3) is 0.533. The molecular formula is C15H23ClN2O2. The summed E-state index contributed by atoms with van der Waals surface area (Å²) < 4.78 is 5.13. The third-order valence-corrected chi connectivity index (χ3v) is 3.64. The van der Waals surface area contributed by atoms with Gasteiger partial charge in [-0.05, 0) is 44.0 Å². The lowest BCUT2D eigenvalue weighted by molar-refractivity contribution is -0.126. The first kappa shape index (κ1) is 16.8. The molecule has 1 saturated heterocycles. The Bertz CT molecular complexity index is 416. The fourth-order valence-electron chi connectivity index (χ4n) is 2.38. The number of ether oxygens (including phenoxy) is 1. The van der Waals surface area contributed by atoms with Gasteiger partial charge in [0.1, 0.15) is 5.75 Å². The van der Waals surface area contributed by atoms with Gasteiger partial charge < -0.3 is 15.4 Å². The van der Waals surface area contributed by atoms with Crippen LogP contribution in [-0.2, 0) is 4.79 Å². The lowest BCUT2D eigenvalue weighted by Gasteiger charge is -2.24. The van der Waals surface area contributed by atoms with Crippen LogP contribution in [0.2, 0.25) is 0 Å². The molecule has 0 radical (unpaired) electrons. The highest BCUT2D eigenvalue weighted by Crippen LogP contribution is 2.18. The summed E-state index contributed by atoms with van der Waals surface area (Å²) in [6.45, 7) is 3.83. The van der Waals surface area contributed by atoms with Crippen LogP contribution in [0.1, 0.15) is 31.4 Å². The minimum Gasteiger partial charge on any atom is -0.497 e. The van der Waals surface area contributed by atoms with Gasteiger partial charge in [0, 0.05) is 6.54 Å². The molecule has 1 amide bonds. The average Bonchev–Trinajstić information content (AvgIpc) is 2.48. The predicted octanol–water partition coefficient (Wildman–Crippen LogP) is 2.29. The quantitative estimate of drug-likeness (QED) is 0.897. The minimum atomic E-state index is 0. The number of hydrogen-bond donors (Lipinski definition) is 2. The average molecular weight is 299 g/mol. The Morgan fingerprint density at radius 3 is 2.65 bits per heavy atom. The zero-order chi connectivity index (χ0) is 13.7. The van der Waals surface area contributed by atoms with Crippen LogP contribution >= 0.6 is 12.4 Å². The van der Waals surface area contributed by atoms with E-state index in [9.17, 15) is 4.79 Å². The monoisotopic (exact) mass is 298 g/mol. The summed E-state index contributed by atoms with van der Waals surface area (Å²) in [6, 6.07) is 7.84. The molecule has 0 aliphatic carbocycles. The Kier molecular flexibility index (Phi) is 6.82. The summed E-state index contributed by atoms with van der Waals surface area (Å²) in [4.78, 5) is 12.1. The summed E-state index contributed by atoms with van der Waals surface area (Å²) in [6.07, 6.45) is 2.06. The molecule has 0 spiro atoms. The topological polar surface area (TPSA) is 50.4 Å². The van der Waals surface area contributed by atoms with Gasteiger partial charge in [0.25, 0.3) is 0 Å². The molecule has 1 fully saturated rings. The van der Waals surface area contributed by atoms with Crippen LogP contribution in [0.25, 0.3) is 0 Å². The van der Waals surface area contributed by atoms with Gasteiger partial charge in [0.05, 0.1) is 19.1 Å². The van der Waals surface area contributed by atoms with E-state index >= 15 is 0 Å². The summed E-state index contributed by atoms with van der Waals surface area (Å²) in [5.74, 6) is 1.09. The van der Waals surface area contributed by atoms with E-state index in [0.29, 0.717) is 0 Å². The van der Waals surface area contributed by atoms with Crippen molar-refractivity contribution in [2.24, 2.45) is 5.92 Å². The van der Waals surface area contributed by atoms with Crippen molar-refractivity contribution in [3.05, 3.63) is 29.8 Å². The number of rotatable bonds is 4. The summed E-state index contributed by atoms with van der Waals surface area (Å²) in [7, 11) is 1.65. The van der Waals surface area contributed by atoms with Crippen LogP contribution < -0.4 is 15.4 Å². The van der Waals surface area contributed by atoms with Crippen molar-refractivity contribution >= 4 is 18.3 Å². The van der Waals surface area contributed by atoms with E-state index < -0.39 is 0 Å². The van der Waals surface area contributed by atoms with Crippen molar-refractivity contribution in [3.8, 4) is 5.75 Å². The Balaban J connectivity index is 0.00000200. The Morgan fingerprint density at radius 1 is 1.40 bits per heavy atom. The van der Waals surface area contributed by atoms with E-state index in [1.165, 1.54) is 0 Å². The molecule has 2 N–H and O–H groups in total. The van der Waals surface area contributed by atoms with Gasteiger partial charge >= 0.3 is 0 Å². The van der Waals surface area contributed by atoms with Gasteiger partial charge in [-0.1, -0.05) is 12.1 Å². The Labute approximate surface area is 126 Å². The molecule has 1 heterocycles. The molecule has 2 rings (SSSR count).